The molecule has 0 saturated heterocycles. The van der Waals surface area contributed by atoms with Crippen LogP contribution in [0.1, 0.15) is 0 Å². The van der Waals surface area contributed by atoms with Crippen LogP contribution in [0.25, 0.3) is 11.6 Å². The number of rotatable bonds is 6. The van der Waals surface area contributed by atoms with Crippen molar-refractivity contribution in [2.45, 2.75) is 5.16 Å². The molecular weight excluding hydrogens is 307 g/mol. The van der Waals surface area contributed by atoms with E-state index in [1.165, 1.54) is 28.6 Å². The monoisotopic (exact) mass is 320 g/mol. The molecule has 1 aromatic carbocycles. The van der Waals surface area contributed by atoms with E-state index in [9.17, 15) is 4.39 Å². The topological polar surface area (TPSA) is 79.1 Å². The largest absolute Gasteiger partial charge is 0.493 e. The van der Waals surface area contributed by atoms with Gasteiger partial charge in [0.2, 0.25) is 11.0 Å². The maximum Gasteiger partial charge on any atom is 0.218 e. The molecule has 2 aromatic heterocycles. The van der Waals surface area contributed by atoms with E-state index in [2.05, 4.69) is 10.2 Å². The molecule has 0 radical (unpaired) electrons. The average Bonchev–Trinajstić information content (AvgIpc) is 3.16. The quantitative estimate of drug-likeness (QED) is 0.427. The van der Waals surface area contributed by atoms with Gasteiger partial charge in [-0.2, -0.15) is 0 Å². The number of nitrogens with two attached hydrogens (primary N) is 1. The first-order chi connectivity index (χ1) is 10.7. The lowest BCUT2D eigenvalue weighted by molar-refractivity contribution is 0.343. The summed E-state index contributed by atoms with van der Waals surface area (Å²) in [6.45, 7) is 0.444. The van der Waals surface area contributed by atoms with Crippen molar-refractivity contribution >= 4 is 11.8 Å². The minimum Gasteiger partial charge on any atom is -0.493 e. The normalized spacial score (nSPS) is 10.8. The summed E-state index contributed by atoms with van der Waals surface area (Å²) in [4.78, 5) is 0. The second-order valence-electron chi connectivity index (χ2n) is 4.30. The number of benzene rings is 1. The predicted octanol–water partition coefficient (Wildman–Crippen LogP) is 2.56. The zero-order valence-electron chi connectivity index (χ0n) is 11.5. The van der Waals surface area contributed by atoms with E-state index < -0.39 is 0 Å². The minimum absolute atomic E-state index is 0.289. The first-order valence-electron chi connectivity index (χ1n) is 6.49. The molecule has 2 heterocycles. The number of hydrogen-bond acceptors (Lipinski definition) is 6. The van der Waals surface area contributed by atoms with Crippen molar-refractivity contribution in [3.63, 3.8) is 0 Å². The van der Waals surface area contributed by atoms with Crippen LogP contribution < -0.4 is 10.6 Å². The smallest absolute Gasteiger partial charge is 0.218 e. The zero-order valence-corrected chi connectivity index (χ0v) is 12.3. The van der Waals surface area contributed by atoms with Crippen LogP contribution in [0.3, 0.4) is 0 Å². The molecule has 0 bridgehead atoms. The number of halogens is 1. The standard InChI is InChI=1S/C14H13FN4O2S/c15-10-3-5-11(6-4-10)20-8-9-22-14-18-17-13(19(14)16)12-2-1-7-21-12/h1-7H,8-9,16H2. The van der Waals surface area contributed by atoms with Crippen molar-refractivity contribution in [1.29, 1.82) is 0 Å². The lowest BCUT2D eigenvalue weighted by Crippen LogP contribution is -2.12. The van der Waals surface area contributed by atoms with Gasteiger partial charge in [0.05, 0.1) is 12.9 Å². The molecule has 0 unspecified atom stereocenters. The van der Waals surface area contributed by atoms with Crippen LogP contribution in [0.4, 0.5) is 4.39 Å². The van der Waals surface area contributed by atoms with Crippen LogP contribution in [-0.2, 0) is 0 Å². The van der Waals surface area contributed by atoms with Gasteiger partial charge in [-0.3, -0.25) is 0 Å². The van der Waals surface area contributed by atoms with Crippen LogP contribution in [0, 0.1) is 5.82 Å². The van der Waals surface area contributed by atoms with Crippen molar-refractivity contribution in [2.24, 2.45) is 0 Å². The number of thioether (sulfide) groups is 1. The molecule has 3 rings (SSSR count). The Hall–Kier alpha value is -2.48. The van der Waals surface area contributed by atoms with E-state index in [0.29, 0.717) is 34.9 Å². The molecule has 0 aliphatic heterocycles. The summed E-state index contributed by atoms with van der Waals surface area (Å²) in [5.41, 5.74) is 0. The third kappa shape index (κ3) is 3.22. The Labute approximate surface area is 130 Å². The highest BCUT2D eigenvalue weighted by Crippen LogP contribution is 2.21. The summed E-state index contributed by atoms with van der Waals surface area (Å²) in [7, 11) is 0. The highest BCUT2D eigenvalue weighted by atomic mass is 32.2. The number of ether oxygens (including phenoxy) is 1. The maximum absolute atomic E-state index is 12.8. The molecule has 0 aliphatic carbocycles. The first-order valence-corrected chi connectivity index (χ1v) is 7.48. The van der Waals surface area contributed by atoms with Gasteiger partial charge in [0.25, 0.3) is 0 Å². The van der Waals surface area contributed by atoms with Crippen LogP contribution in [-0.4, -0.2) is 27.2 Å². The van der Waals surface area contributed by atoms with Crippen LogP contribution in [0.2, 0.25) is 0 Å². The van der Waals surface area contributed by atoms with Gasteiger partial charge >= 0.3 is 0 Å². The zero-order chi connectivity index (χ0) is 15.4. The van der Waals surface area contributed by atoms with Crippen molar-refractivity contribution in [3.8, 4) is 17.3 Å². The Kier molecular flexibility index (Phi) is 4.29. The number of aromatic nitrogens is 3. The van der Waals surface area contributed by atoms with Gasteiger partial charge in [-0.1, -0.05) is 11.8 Å². The van der Waals surface area contributed by atoms with Gasteiger partial charge in [-0.05, 0) is 36.4 Å². The molecule has 0 aliphatic rings. The van der Waals surface area contributed by atoms with E-state index >= 15 is 0 Å². The fourth-order valence-electron chi connectivity index (χ4n) is 1.77. The van der Waals surface area contributed by atoms with Gasteiger partial charge in [0.15, 0.2) is 5.76 Å². The van der Waals surface area contributed by atoms with Gasteiger partial charge < -0.3 is 15.0 Å². The molecule has 0 saturated carbocycles. The first kappa shape index (κ1) is 14.5. The van der Waals surface area contributed by atoms with E-state index in [4.69, 9.17) is 15.0 Å². The van der Waals surface area contributed by atoms with Gasteiger partial charge in [0, 0.05) is 5.75 Å². The second-order valence-corrected chi connectivity index (χ2v) is 5.37. The van der Waals surface area contributed by atoms with Crippen molar-refractivity contribution in [1.82, 2.24) is 14.9 Å². The van der Waals surface area contributed by atoms with Gasteiger partial charge in [-0.25, -0.2) is 9.07 Å². The average molecular weight is 320 g/mol. The fourth-order valence-corrected chi connectivity index (χ4v) is 2.45. The van der Waals surface area contributed by atoms with E-state index in [0.717, 1.165) is 0 Å². The number of nitrogen functional groups attached to an aromatic ring is 1. The third-order valence-electron chi connectivity index (χ3n) is 2.80. The highest BCUT2D eigenvalue weighted by Gasteiger charge is 2.13. The summed E-state index contributed by atoms with van der Waals surface area (Å²) < 4.78 is 24.9. The van der Waals surface area contributed by atoms with Crippen molar-refractivity contribution < 1.29 is 13.5 Å². The lowest BCUT2D eigenvalue weighted by Gasteiger charge is -2.05. The second kappa shape index (κ2) is 6.52. The molecule has 8 heteroatoms. The Morgan fingerprint density at radius 2 is 2.05 bits per heavy atom. The van der Waals surface area contributed by atoms with Gasteiger partial charge in [-0.15, -0.1) is 10.2 Å². The Bertz CT molecular complexity index is 728. The summed E-state index contributed by atoms with van der Waals surface area (Å²) in [5.74, 6) is 7.92. The molecule has 6 nitrogen and oxygen atoms in total. The predicted molar refractivity (Wildman–Crippen MR) is 80.5 cm³/mol. The van der Waals surface area contributed by atoms with Crippen LogP contribution in [0.15, 0.2) is 52.2 Å². The molecule has 0 fully saturated rings. The van der Waals surface area contributed by atoms with E-state index in [1.54, 1.807) is 30.5 Å². The molecule has 0 atom stereocenters. The Balaban J connectivity index is 1.53. The van der Waals surface area contributed by atoms with Gasteiger partial charge in [0.1, 0.15) is 11.6 Å². The van der Waals surface area contributed by atoms with Crippen molar-refractivity contribution in [2.75, 3.05) is 18.2 Å². The SMILES string of the molecule is Nn1c(SCCOc2ccc(F)cc2)nnc1-c1ccco1. The van der Waals surface area contributed by atoms with Crippen LogP contribution >= 0.6 is 11.8 Å². The molecule has 3 aromatic rings. The summed E-state index contributed by atoms with van der Waals surface area (Å²) in [5, 5.41) is 8.57. The van der Waals surface area contributed by atoms with E-state index in [-0.39, 0.29) is 5.82 Å². The summed E-state index contributed by atoms with van der Waals surface area (Å²) in [6.07, 6.45) is 1.55. The van der Waals surface area contributed by atoms with Crippen molar-refractivity contribution in [3.05, 3.63) is 48.5 Å². The molecule has 0 amide bonds. The fraction of sp³-hybridized carbons (Fsp3) is 0.143. The third-order valence-corrected chi connectivity index (χ3v) is 3.71. The number of nitrogens with zero attached hydrogens (tertiary/aromatic N) is 3. The van der Waals surface area contributed by atoms with Crippen LogP contribution in [0.5, 0.6) is 5.75 Å². The molecule has 2 N–H and O–H groups in total. The summed E-state index contributed by atoms with van der Waals surface area (Å²) >= 11 is 1.41. The summed E-state index contributed by atoms with van der Waals surface area (Å²) in [6, 6.07) is 9.40. The molecule has 0 spiro atoms. The molecular formula is C14H13FN4O2S. The Morgan fingerprint density at radius 1 is 1.23 bits per heavy atom. The maximum atomic E-state index is 12.8. The molecule has 114 valence electrons. The number of furan rings is 1. The minimum atomic E-state index is -0.289. The van der Waals surface area contributed by atoms with E-state index in [1.807, 2.05) is 0 Å². The lowest BCUT2D eigenvalue weighted by atomic mass is 10.3. The Morgan fingerprint density at radius 3 is 2.77 bits per heavy atom. The highest BCUT2D eigenvalue weighted by molar-refractivity contribution is 7.99. The molecule has 22 heavy (non-hydrogen) atoms. The number of hydrogen-bond donors (Lipinski definition) is 1.